The molecule has 1 saturated heterocycles. The van der Waals surface area contributed by atoms with Gasteiger partial charge in [0.1, 0.15) is 5.75 Å². The number of amides is 1. The third-order valence-corrected chi connectivity index (χ3v) is 5.39. The lowest BCUT2D eigenvalue weighted by Gasteiger charge is -2.21. The number of carbonyl (C=O) groups excluding carboxylic acids is 1. The molecule has 0 aliphatic carbocycles. The number of hydrogen-bond donors (Lipinski definition) is 1. The molecule has 2 aromatic carbocycles. The highest BCUT2D eigenvalue weighted by atomic mass is 16.5. The fraction of sp³-hybridized carbons (Fsp3) is 0.304. The zero-order valence-electron chi connectivity index (χ0n) is 16.2. The van der Waals surface area contributed by atoms with Gasteiger partial charge in [-0.15, -0.1) is 0 Å². The number of fused-ring (bicyclic) bond motifs is 1. The van der Waals surface area contributed by atoms with Crippen molar-refractivity contribution >= 4 is 16.7 Å². The average molecular weight is 376 g/mol. The number of ether oxygens (including phenoxy) is 1. The first-order valence-electron chi connectivity index (χ1n) is 9.71. The molecule has 0 bridgehead atoms. The molecule has 1 unspecified atom stereocenters. The molecule has 1 aliphatic rings. The van der Waals surface area contributed by atoms with Crippen molar-refractivity contribution in [3.63, 3.8) is 0 Å². The number of pyridine rings is 1. The standard InChI is InChI=1S/C23H24N2O3/c1-15-7-3-4-8-18(15)21-14-24-22(26)20-13-17(9-10-19(20)21)28-16(2)23(27)25-11-5-6-12-25/h3-4,7-10,13-14,16H,5-6,11-12H2,1-2H3,(H,24,26). The summed E-state index contributed by atoms with van der Waals surface area (Å²) in [6.07, 6.45) is 3.28. The van der Waals surface area contributed by atoms with E-state index in [1.165, 1.54) is 0 Å². The maximum absolute atomic E-state index is 12.5. The molecule has 1 N–H and O–H groups in total. The molecule has 0 saturated carbocycles. The van der Waals surface area contributed by atoms with Crippen LogP contribution in [0.1, 0.15) is 25.3 Å². The summed E-state index contributed by atoms with van der Waals surface area (Å²) >= 11 is 0. The average Bonchev–Trinajstić information content (AvgIpc) is 3.23. The molecule has 2 heterocycles. The van der Waals surface area contributed by atoms with Crippen LogP contribution in [0, 0.1) is 6.92 Å². The summed E-state index contributed by atoms with van der Waals surface area (Å²) in [5.74, 6) is 0.528. The molecule has 1 atom stereocenters. The van der Waals surface area contributed by atoms with Gasteiger partial charge in [0.25, 0.3) is 11.5 Å². The summed E-state index contributed by atoms with van der Waals surface area (Å²) in [7, 11) is 0. The molecular formula is C23H24N2O3. The van der Waals surface area contributed by atoms with Crippen LogP contribution in [-0.4, -0.2) is 35.0 Å². The first-order valence-corrected chi connectivity index (χ1v) is 9.71. The van der Waals surface area contributed by atoms with Crippen LogP contribution < -0.4 is 10.3 Å². The van der Waals surface area contributed by atoms with E-state index in [2.05, 4.69) is 18.0 Å². The predicted octanol–water partition coefficient (Wildman–Crippen LogP) is 3.89. The number of aryl methyl sites for hydroxylation is 1. The van der Waals surface area contributed by atoms with Gasteiger partial charge >= 0.3 is 0 Å². The van der Waals surface area contributed by atoms with Crippen LogP contribution in [0.5, 0.6) is 5.75 Å². The van der Waals surface area contributed by atoms with Crippen LogP contribution in [0.3, 0.4) is 0 Å². The Morgan fingerprint density at radius 1 is 1.07 bits per heavy atom. The van der Waals surface area contributed by atoms with Gasteiger partial charge in [0.15, 0.2) is 6.10 Å². The van der Waals surface area contributed by atoms with E-state index < -0.39 is 6.10 Å². The second-order valence-corrected chi connectivity index (χ2v) is 7.35. The van der Waals surface area contributed by atoms with Gasteiger partial charge in [0, 0.05) is 24.8 Å². The number of aromatic amines is 1. The van der Waals surface area contributed by atoms with E-state index in [-0.39, 0.29) is 11.5 Å². The number of likely N-dealkylation sites (tertiary alicyclic amines) is 1. The van der Waals surface area contributed by atoms with Gasteiger partial charge in [-0.05, 0) is 61.4 Å². The van der Waals surface area contributed by atoms with Crippen molar-refractivity contribution in [1.29, 1.82) is 0 Å². The first kappa shape index (κ1) is 18.3. The third kappa shape index (κ3) is 3.40. The summed E-state index contributed by atoms with van der Waals surface area (Å²) in [6.45, 7) is 5.40. The molecule has 1 fully saturated rings. The lowest BCUT2D eigenvalue weighted by Crippen LogP contribution is -2.38. The molecule has 0 spiro atoms. The van der Waals surface area contributed by atoms with Crippen LogP contribution in [0.25, 0.3) is 21.9 Å². The van der Waals surface area contributed by atoms with Crippen LogP contribution in [0.15, 0.2) is 53.5 Å². The smallest absolute Gasteiger partial charge is 0.263 e. The molecule has 5 heteroatoms. The second kappa shape index (κ2) is 7.50. The van der Waals surface area contributed by atoms with E-state index in [1.807, 2.05) is 35.2 Å². The van der Waals surface area contributed by atoms with Crippen molar-refractivity contribution < 1.29 is 9.53 Å². The molecule has 3 aromatic rings. The van der Waals surface area contributed by atoms with Gasteiger partial charge in [-0.3, -0.25) is 9.59 Å². The molecule has 0 radical (unpaired) electrons. The summed E-state index contributed by atoms with van der Waals surface area (Å²) in [4.78, 5) is 29.6. The van der Waals surface area contributed by atoms with Gasteiger partial charge < -0.3 is 14.6 Å². The minimum Gasteiger partial charge on any atom is -0.481 e. The van der Waals surface area contributed by atoms with Gasteiger partial charge in [-0.2, -0.15) is 0 Å². The highest BCUT2D eigenvalue weighted by Crippen LogP contribution is 2.30. The Labute approximate surface area is 163 Å². The van der Waals surface area contributed by atoms with E-state index in [1.54, 1.807) is 19.2 Å². The molecular weight excluding hydrogens is 352 g/mol. The molecule has 5 nitrogen and oxygen atoms in total. The van der Waals surface area contributed by atoms with Crippen LogP contribution >= 0.6 is 0 Å². The number of rotatable bonds is 4. The summed E-state index contributed by atoms with van der Waals surface area (Å²) in [5.41, 5.74) is 3.02. The number of hydrogen-bond acceptors (Lipinski definition) is 3. The van der Waals surface area contributed by atoms with Crippen molar-refractivity contribution in [3.8, 4) is 16.9 Å². The van der Waals surface area contributed by atoms with E-state index in [4.69, 9.17) is 4.74 Å². The van der Waals surface area contributed by atoms with Crippen LogP contribution in [0.4, 0.5) is 0 Å². The fourth-order valence-corrected chi connectivity index (χ4v) is 3.86. The molecule has 1 aromatic heterocycles. The van der Waals surface area contributed by atoms with Gasteiger partial charge in [0.05, 0.1) is 5.39 Å². The Morgan fingerprint density at radius 3 is 2.57 bits per heavy atom. The number of nitrogens with one attached hydrogen (secondary N) is 1. The third-order valence-electron chi connectivity index (χ3n) is 5.39. The molecule has 1 aliphatic heterocycles. The summed E-state index contributed by atoms with van der Waals surface area (Å²) < 4.78 is 5.88. The maximum atomic E-state index is 12.5. The highest BCUT2D eigenvalue weighted by molar-refractivity contribution is 5.97. The van der Waals surface area contributed by atoms with E-state index in [0.29, 0.717) is 11.1 Å². The Bertz CT molecular complexity index is 1080. The number of aromatic nitrogens is 1. The molecule has 144 valence electrons. The molecule has 1 amide bonds. The minimum atomic E-state index is -0.575. The van der Waals surface area contributed by atoms with Crippen molar-refractivity contribution in [2.24, 2.45) is 0 Å². The molecule has 28 heavy (non-hydrogen) atoms. The van der Waals surface area contributed by atoms with Crippen molar-refractivity contribution in [2.45, 2.75) is 32.8 Å². The highest BCUT2D eigenvalue weighted by Gasteiger charge is 2.24. The van der Waals surface area contributed by atoms with Gasteiger partial charge in [0.2, 0.25) is 0 Å². The lowest BCUT2D eigenvalue weighted by molar-refractivity contribution is -0.136. The molecule has 4 rings (SSSR count). The van der Waals surface area contributed by atoms with Crippen molar-refractivity contribution in [2.75, 3.05) is 13.1 Å². The lowest BCUT2D eigenvalue weighted by atomic mass is 9.97. The Kier molecular flexibility index (Phi) is 4.90. The van der Waals surface area contributed by atoms with E-state index in [9.17, 15) is 9.59 Å². The zero-order chi connectivity index (χ0) is 19.7. The minimum absolute atomic E-state index is 0.000155. The van der Waals surface area contributed by atoms with Crippen LogP contribution in [0.2, 0.25) is 0 Å². The topological polar surface area (TPSA) is 62.4 Å². The predicted molar refractivity (Wildman–Crippen MR) is 111 cm³/mol. The zero-order valence-corrected chi connectivity index (χ0v) is 16.2. The monoisotopic (exact) mass is 376 g/mol. The maximum Gasteiger partial charge on any atom is 0.263 e. The van der Waals surface area contributed by atoms with Gasteiger partial charge in [-0.1, -0.05) is 24.3 Å². The largest absolute Gasteiger partial charge is 0.481 e. The first-order chi connectivity index (χ1) is 13.5. The van der Waals surface area contributed by atoms with E-state index in [0.717, 1.165) is 48.0 Å². The SMILES string of the molecule is Cc1ccccc1-c1c[nH]c(=O)c2cc(OC(C)C(=O)N3CCCC3)ccc12. The number of carbonyl (C=O) groups is 1. The normalized spacial score (nSPS) is 15.0. The van der Waals surface area contributed by atoms with Gasteiger partial charge in [-0.25, -0.2) is 0 Å². The van der Waals surface area contributed by atoms with E-state index >= 15 is 0 Å². The summed E-state index contributed by atoms with van der Waals surface area (Å²) in [5, 5.41) is 1.42. The quantitative estimate of drug-likeness (QED) is 0.751. The number of nitrogens with zero attached hydrogens (tertiary/aromatic N) is 1. The fourth-order valence-electron chi connectivity index (χ4n) is 3.86. The van der Waals surface area contributed by atoms with Crippen molar-refractivity contribution in [1.82, 2.24) is 9.88 Å². The Hall–Kier alpha value is -3.08. The summed E-state index contributed by atoms with van der Waals surface area (Å²) in [6, 6.07) is 13.5. The van der Waals surface area contributed by atoms with Crippen LogP contribution in [-0.2, 0) is 4.79 Å². The number of H-pyrrole nitrogens is 1. The number of benzene rings is 2. The Balaban J connectivity index is 1.68. The Morgan fingerprint density at radius 2 is 1.82 bits per heavy atom. The van der Waals surface area contributed by atoms with Crippen molar-refractivity contribution in [3.05, 3.63) is 64.6 Å². The second-order valence-electron chi connectivity index (χ2n) is 7.35.